The van der Waals surface area contributed by atoms with Gasteiger partial charge in [-0.1, -0.05) is 19.3 Å². The van der Waals surface area contributed by atoms with Crippen LogP contribution >= 0.6 is 0 Å². The highest BCUT2D eigenvalue weighted by Crippen LogP contribution is 2.33. The minimum absolute atomic E-state index is 0.295. The summed E-state index contributed by atoms with van der Waals surface area (Å²) in [6.07, 6.45) is 12.1. The third kappa shape index (κ3) is 2.64. The lowest BCUT2D eigenvalue weighted by Gasteiger charge is -2.28. The Morgan fingerprint density at radius 2 is 2.05 bits per heavy atom. The second-order valence-corrected chi connectivity index (χ2v) is 6.28. The topological polar surface area (TPSA) is 47.1 Å². The van der Waals surface area contributed by atoms with Crippen molar-refractivity contribution in [2.24, 2.45) is 11.7 Å². The maximum Gasteiger partial charge on any atom is 0.205 e. The fourth-order valence-electron chi connectivity index (χ4n) is 3.59. The van der Waals surface area contributed by atoms with Gasteiger partial charge in [-0.25, -0.2) is 4.98 Å². The summed E-state index contributed by atoms with van der Waals surface area (Å²) >= 11 is 0. The molecule has 3 rings (SSSR count). The molecule has 106 valence electrons. The summed E-state index contributed by atoms with van der Waals surface area (Å²) in [4.78, 5) is 7.05. The van der Waals surface area contributed by atoms with Crippen LogP contribution in [0.2, 0.25) is 0 Å². The van der Waals surface area contributed by atoms with Crippen molar-refractivity contribution >= 4 is 5.95 Å². The molecule has 1 saturated heterocycles. The first-order chi connectivity index (χ1) is 9.25. The molecule has 1 aromatic rings. The second kappa shape index (κ2) is 5.53. The lowest BCUT2D eigenvalue weighted by molar-refractivity contribution is 0.353. The zero-order valence-electron chi connectivity index (χ0n) is 12.0. The highest BCUT2D eigenvalue weighted by Gasteiger charge is 2.29. The number of aromatic nitrogens is 2. The molecule has 1 aliphatic carbocycles. The van der Waals surface area contributed by atoms with Crippen molar-refractivity contribution in [3.63, 3.8) is 0 Å². The van der Waals surface area contributed by atoms with E-state index in [4.69, 9.17) is 5.73 Å². The second-order valence-electron chi connectivity index (χ2n) is 6.28. The number of imidazole rings is 1. The Morgan fingerprint density at radius 1 is 1.26 bits per heavy atom. The zero-order chi connectivity index (χ0) is 13.2. The summed E-state index contributed by atoms with van der Waals surface area (Å²) in [7, 11) is 0. The van der Waals surface area contributed by atoms with Gasteiger partial charge in [-0.05, 0) is 32.1 Å². The van der Waals surface area contributed by atoms with E-state index < -0.39 is 0 Å². The fourth-order valence-corrected chi connectivity index (χ4v) is 3.59. The molecule has 2 heterocycles. The molecule has 2 atom stereocenters. The lowest BCUT2D eigenvalue weighted by atomic mass is 9.95. The SMILES string of the molecule is CC(N)C1CCN(c2nccn2C2CCCCC2)C1. The number of hydrogen-bond acceptors (Lipinski definition) is 3. The maximum absolute atomic E-state index is 6.04. The molecule has 0 bridgehead atoms. The normalized spacial score (nSPS) is 26.8. The minimum atomic E-state index is 0.295. The molecule has 0 spiro atoms. The van der Waals surface area contributed by atoms with Crippen LogP contribution < -0.4 is 10.6 Å². The van der Waals surface area contributed by atoms with Crippen LogP contribution in [0.4, 0.5) is 5.95 Å². The number of anilines is 1. The summed E-state index contributed by atoms with van der Waals surface area (Å²) < 4.78 is 2.42. The van der Waals surface area contributed by atoms with Crippen LogP contribution in [0.3, 0.4) is 0 Å². The van der Waals surface area contributed by atoms with Crippen molar-refractivity contribution in [1.82, 2.24) is 9.55 Å². The van der Waals surface area contributed by atoms with Crippen LogP contribution in [-0.2, 0) is 0 Å². The van der Waals surface area contributed by atoms with E-state index >= 15 is 0 Å². The molecule has 0 aromatic carbocycles. The monoisotopic (exact) mass is 262 g/mol. The minimum Gasteiger partial charge on any atom is -0.342 e. The Bertz CT molecular complexity index is 406. The average Bonchev–Trinajstić information content (AvgIpc) is 3.08. The van der Waals surface area contributed by atoms with Crippen LogP contribution in [0.5, 0.6) is 0 Å². The Labute approximate surface area is 116 Å². The molecule has 2 aliphatic rings. The Balaban J connectivity index is 1.73. The van der Waals surface area contributed by atoms with Gasteiger partial charge in [0, 0.05) is 37.6 Å². The fraction of sp³-hybridized carbons (Fsp3) is 0.800. The van der Waals surface area contributed by atoms with Gasteiger partial charge in [-0.2, -0.15) is 0 Å². The Kier molecular flexibility index (Phi) is 3.78. The molecular weight excluding hydrogens is 236 g/mol. The van der Waals surface area contributed by atoms with Gasteiger partial charge < -0.3 is 15.2 Å². The van der Waals surface area contributed by atoms with E-state index in [1.807, 2.05) is 6.20 Å². The molecule has 0 amide bonds. The van der Waals surface area contributed by atoms with Crippen molar-refractivity contribution in [2.45, 2.75) is 57.5 Å². The van der Waals surface area contributed by atoms with Crippen molar-refractivity contribution in [3.8, 4) is 0 Å². The van der Waals surface area contributed by atoms with Crippen molar-refractivity contribution in [2.75, 3.05) is 18.0 Å². The molecule has 0 radical (unpaired) electrons. The maximum atomic E-state index is 6.04. The predicted octanol–water partition coefficient (Wildman–Crippen LogP) is 2.56. The first-order valence-corrected chi connectivity index (χ1v) is 7.79. The van der Waals surface area contributed by atoms with Crippen LogP contribution in [0.15, 0.2) is 12.4 Å². The molecule has 4 heteroatoms. The molecule has 1 saturated carbocycles. The highest BCUT2D eigenvalue weighted by atomic mass is 15.3. The largest absolute Gasteiger partial charge is 0.342 e. The molecule has 4 nitrogen and oxygen atoms in total. The molecule has 2 N–H and O–H groups in total. The Hall–Kier alpha value is -1.03. The summed E-state index contributed by atoms with van der Waals surface area (Å²) in [6, 6.07) is 0.962. The van der Waals surface area contributed by atoms with E-state index in [-0.39, 0.29) is 0 Å². The highest BCUT2D eigenvalue weighted by molar-refractivity contribution is 5.34. The van der Waals surface area contributed by atoms with Crippen LogP contribution in [0.1, 0.15) is 51.5 Å². The quantitative estimate of drug-likeness (QED) is 0.910. The van der Waals surface area contributed by atoms with Crippen molar-refractivity contribution in [1.29, 1.82) is 0 Å². The molecule has 1 aromatic heterocycles. The number of rotatable bonds is 3. The van der Waals surface area contributed by atoms with Gasteiger partial charge in [0.05, 0.1) is 0 Å². The van der Waals surface area contributed by atoms with E-state index in [0.29, 0.717) is 18.0 Å². The van der Waals surface area contributed by atoms with Gasteiger partial charge in [-0.3, -0.25) is 0 Å². The summed E-state index contributed by atoms with van der Waals surface area (Å²) in [5.74, 6) is 1.80. The van der Waals surface area contributed by atoms with Gasteiger partial charge in [0.25, 0.3) is 0 Å². The smallest absolute Gasteiger partial charge is 0.205 e. The summed E-state index contributed by atoms with van der Waals surface area (Å²) in [6.45, 7) is 4.30. The average molecular weight is 262 g/mol. The third-order valence-corrected chi connectivity index (χ3v) is 4.87. The van der Waals surface area contributed by atoms with Crippen molar-refractivity contribution in [3.05, 3.63) is 12.4 Å². The number of hydrogen-bond donors (Lipinski definition) is 1. The predicted molar refractivity (Wildman–Crippen MR) is 78.3 cm³/mol. The molecule has 2 unspecified atom stereocenters. The van der Waals surface area contributed by atoms with Gasteiger partial charge >= 0.3 is 0 Å². The van der Waals surface area contributed by atoms with Crippen LogP contribution in [-0.4, -0.2) is 28.7 Å². The van der Waals surface area contributed by atoms with Gasteiger partial charge in [0.1, 0.15) is 0 Å². The van der Waals surface area contributed by atoms with Gasteiger partial charge in [0.15, 0.2) is 0 Å². The third-order valence-electron chi connectivity index (χ3n) is 4.87. The molecule has 19 heavy (non-hydrogen) atoms. The van der Waals surface area contributed by atoms with E-state index in [1.165, 1.54) is 44.5 Å². The lowest BCUT2D eigenvalue weighted by Crippen LogP contribution is -2.31. The van der Waals surface area contributed by atoms with E-state index in [9.17, 15) is 0 Å². The molecule has 2 fully saturated rings. The molecule has 1 aliphatic heterocycles. The van der Waals surface area contributed by atoms with E-state index in [2.05, 4.69) is 27.6 Å². The van der Waals surface area contributed by atoms with Crippen LogP contribution in [0, 0.1) is 5.92 Å². The Morgan fingerprint density at radius 3 is 2.74 bits per heavy atom. The summed E-state index contributed by atoms with van der Waals surface area (Å²) in [5, 5.41) is 0. The van der Waals surface area contributed by atoms with Crippen molar-refractivity contribution < 1.29 is 0 Å². The zero-order valence-corrected chi connectivity index (χ0v) is 12.0. The van der Waals surface area contributed by atoms with E-state index in [1.54, 1.807) is 0 Å². The van der Waals surface area contributed by atoms with E-state index in [0.717, 1.165) is 13.1 Å². The van der Waals surface area contributed by atoms with Gasteiger partial charge in [-0.15, -0.1) is 0 Å². The summed E-state index contributed by atoms with van der Waals surface area (Å²) in [5.41, 5.74) is 6.04. The standard InChI is InChI=1S/C15H26N4/c1-12(16)13-7-9-18(11-13)15-17-8-10-19(15)14-5-3-2-4-6-14/h8,10,12-14H,2-7,9,11,16H2,1H3. The molecular formula is C15H26N4. The first kappa shape index (κ1) is 13.0. The van der Waals surface area contributed by atoms with Crippen LogP contribution in [0.25, 0.3) is 0 Å². The number of nitrogens with two attached hydrogens (primary N) is 1. The first-order valence-electron chi connectivity index (χ1n) is 7.79. The number of nitrogens with zero attached hydrogens (tertiary/aromatic N) is 3. The van der Waals surface area contributed by atoms with Gasteiger partial charge in [0.2, 0.25) is 5.95 Å².